The quantitative estimate of drug-likeness (QED) is 0.848. The highest BCUT2D eigenvalue weighted by molar-refractivity contribution is 5.89. The number of piperidine rings is 1. The van der Waals surface area contributed by atoms with E-state index in [1.807, 2.05) is 30.3 Å². The lowest BCUT2D eigenvalue weighted by Crippen LogP contribution is -2.44. The fraction of sp³-hybridized carbons (Fsp3) is 0.333. The molecule has 0 aromatic heterocycles. The Morgan fingerprint density at radius 2 is 1.67 bits per heavy atom. The van der Waals surface area contributed by atoms with Gasteiger partial charge in [0.2, 0.25) is 5.91 Å². The zero-order chi connectivity index (χ0) is 19.1. The number of amides is 3. The minimum Gasteiger partial charge on any atom is -0.356 e. The molecule has 1 heterocycles. The smallest absolute Gasteiger partial charge is 0.321 e. The summed E-state index contributed by atoms with van der Waals surface area (Å²) < 4.78 is 13.6. The van der Waals surface area contributed by atoms with Gasteiger partial charge >= 0.3 is 6.03 Å². The molecule has 2 N–H and O–H groups in total. The van der Waals surface area contributed by atoms with Crippen LogP contribution in [-0.4, -0.2) is 36.5 Å². The predicted octanol–water partition coefficient (Wildman–Crippen LogP) is 3.43. The first-order chi connectivity index (χ1) is 13.1. The highest BCUT2D eigenvalue weighted by atomic mass is 19.1. The van der Waals surface area contributed by atoms with Crippen molar-refractivity contribution >= 4 is 17.6 Å². The molecule has 5 nitrogen and oxygen atoms in total. The van der Waals surface area contributed by atoms with E-state index < -0.39 is 0 Å². The van der Waals surface area contributed by atoms with Gasteiger partial charge in [-0.15, -0.1) is 0 Å². The molecular weight excluding hydrogens is 345 g/mol. The molecule has 3 amide bonds. The number of urea groups is 1. The van der Waals surface area contributed by atoms with Gasteiger partial charge in [-0.05, 0) is 43.0 Å². The number of rotatable bonds is 5. The Hall–Kier alpha value is -2.89. The number of carbonyl (C=O) groups excluding carboxylic acids is 2. The van der Waals surface area contributed by atoms with E-state index in [4.69, 9.17) is 0 Å². The summed E-state index contributed by atoms with van der Waals surface area (Å²) in [7, 11) is 0. The number of para-hydroxylation sites is 1. The Morgan fingerprint density at radius 3 is 2.37 bits per heavy atom. The maximum atomic E-state index is 13.6. The fourth-order valence-electron chi connectivity index (χ4n) is 3.23. The Bertz CT molecular complexity index is 774. The van der Waals surface area contributed by atoms with E-state index in [0.29, 0.717) is 44.5 Å². The van der Waals surface area contributed by atoms with Crippen LogP contribution in [0.15, 0.2) is 54.6 Å². The molecule has 1 saturated heterocycles. The van der Waals surface area contributed by atoms with Gasteiger partial charge in [-0.3, -0.25) is 4.79 Å². The number of hydrogen-bond donors (Lipinski definition) is 2. The third-order valence-electron chi connectivity index (χ3n) is 4.83. The van der Waals surface area contributed by atoms with Crippen molar-refractivity contribution in [1.82, 2.24) is 10.2 Å². The number of anilines is 1. The summed E-state index contributed by atoms with van der Waals surface area (Å²) in [5, 5.41) is 5.75. The minimum atomic E-state index is -0.246. The second-order valence-corrected chi connectivity index (χ2v) is 6.69. The second kappa shape index (κ2) is 9.16. The number of hydrogen-bond acceptors (Lipinski definition) is 2. The summed E-state index contributed by atoms with van der Waals surface area (Å²) in [5.74, 6) is -0.370. The molecule has 0 atom stereocenters. The number of likely N-dealkylation sites (tertiary alicyclic amines) is 1. The standard InChI is InChI=1S/C21H24FN3O2/c22-19-9-5-4-6-16(19)10-13-23-20(26)17-11-14-25(15-12-17)21(27)24-18-7-2-1-3-8-18/h1-9,17H,10-15H2,(H,23,26)(H,24,27). The molecule has 142 valence electrons. The molecule has 2 aromatic carbocycles. The van der Waals surface area contributed by atoms with Crippen molar-refractivity contribution < 1.29 is 14.0 Å². The summed E-state index contributed by atoms with van der Waals surface area (Å²) in [6.07, 6.45) is 1.73. The number of nitrogens with zero attached hydrogens (tertiary/aromatic N) is 1. The topological polar surface area (TPSA) is 61.4 Å². The van der Waals surface area contributed by atoms with Crippen LogP contribution in [0.4, 0.5) is 14.9 Å². The molecular formula is C21H24FN3O2. The van der Waals surface area contributed by atoms with Gasteiger partial charge < -0.3 is 15.5 Å². The lowest BCUT2D eigenvalue weighted by molar-refractivity contribution is -0.126. The van der Waals surface area contributed by atoms with Crippen molar-refractivity contribution in [3.05, 3.63) is 66.0 Å². The van der Waals surface area contributed by atoms with E-state index in [9.17, 15) is 14.0 Å². The first-order valence-corrected chi connectivity index (χ1v) is 9.25. The maximum Gasteiger partial charge on any atom is 0.321 e. The molecule has 0 spiro atoms. The zero-order valence-corrected chi connectivity index (χ0v) is 15.2. The number of nitrogens with one attached hydrogen (secondary N) is 2. The Kier molecular flexibility index (Phi) is 6.41. The highest BCUT2D eigenvalue weighted by Crippen LogP contribution is 2.18. The van der Waals surface area contributed by atoms with E-state index in [1.54, 1.807) is 23.1 Å². The van der Waals surface area contributed by atoms with Crippen LogP contribution in [0.5, 0.6) is 0 Å². The third kappa shape index (κ3) is 5.29. The van der Waals surface area contributed by atoms with Crippen molar-refractivity contribution in [2.24, 2.45) is 5.92 Å². The van der Waals surface area contributed by atoms with Gasteiger partial charge in [-0.2, -0.15) is 0 Å². The molecule has 0 unspecified atom stereocenters. The molecule has 0 aliphatic carbocycles. The maximum absolute atomic E-state index is 13.6. The Labute approximate surface area is 158 Å². The van der Waals surface area contributed by atoms with Crippen LogP contribution >= 0.6 is 0 Å². The van der Waals surface area contributed by atoms with Crippen LogP contribution in [0.25, 0.3) is 0 Å². The summed E-state index contributed by atoms with van der Waals surface area (Å²) in [4.78, 5) is 26.3. The Balaban J connectivity index is 1.40. The summed E-state index contributed by atoms with van der Waals surface area (Å²) in [6.45, 7) is 1.50. The molecule has 1 fully saturated rings. The molecule has 27 heavy (non-hydrogen) atoms. The SMILES string of the molecule is O=C(NCCc1ccccc1F)C1CCN(C(=O)Nc2ccccc2)CC1. The number of halogens is 1. The molecule has 0 saturated carbocycles. The van der Waals surface area contributed by atoms with Crippen molar-refractivity contribution in [3.63, 3.8) is 0 Å². The van der Waals surface area contributed by atoms with Crippen LogP contribution in [0.2, 0.25) is 0 Å². The Morgan fingerprint density at radius 1 is 1.00 bits per heavy atom. The van der Waals surface area contributed by atoms with Crippen molar-refractivity contribution in [2.75, 3.05) is 25.0 Å². The van der Waals surface area contributed by atoms with Crippen LogP contribution in [-0.2, 0) is 11.2 Å². The van der Waals surface area contributed by atoms with Crippen LogP contribution in [0.3, 0.4) is 0 Å². The van der Waals surface area contributed by atoms with Gasteiger partial charge in [0.1, 0.15) is 5.82 Å². The highest BCUT2D eigenvalue weighted by Gasteiger charge is 2.27. The van der Waals surface area contributed by atoms with E-state index in [0.717, 1.165) is 5.69 Å². The molecule has 0 bridgehead atoms. The van der Waals surface area contributed by atoms with Crippen LogP contribution in [0.1, 0.15) is 18.4 Å². The first kappa shape index (κ1) is 18.9. The van der Waals surface area contributed by atoms with E-state index in [1.165, 1.54) is 6.07 Å². The van der Waals surface area contributed by atoms with Crippen LogP contribution < -0.4 is 10.6 Å². The predicted molar refractivity (Wildman–Crippen MR) is 103 cm³/mol. The first-order valence-electron chi connectivity index (χ1n) is 9.25. The molecule has 2 aromatic rings. The summed E-state index contributed by atoms with van der Waals surface area (Å²) in [5.41, 5.74) is 1.36. The van der Waals surface area contributed by atoms with Gasteiger partial charge in [0.15, 0.2) is 0 Å². The zero-order valence-electron chi connectivity index (χ0n) is 15.2. The van der Waals surface area contributed by atoms with Gasteiger partial charge in [-0.25, -0.2) is 9.18 Å². The van der Waals surface area contributed by atoms with Crippen molar-refractivity contribution in [3.8, 4) is 0 Å². The largest absolute Gasteiger partial charge is 0.356 e. The van der Waals surface area contributed by atoms with E-state index in [-0.39, 0.29) is 23.7 Å². The van der Waals surface area contributed by atoms with Gasteiger partial charge in [0, 0.05) is 31.2 Å². The second-order valence-electron chi connectivity index (χ2n) is 6.69. The third-order valence-corrected chi connectivity index (χ3v) is 4.83. The van der Waals surface area contributed by atoms with Crippen molar-refractivity contribution in [2.45, 2.75) is 19.3 Å². The monoisotopic (exact) mass is 369 g/mol. The number of benzene rings is 2. The average molecular weight is 369 g/mol. The molecule has 3 rings (SSSR count). The number of carbonyl (C=O) groups is 2. The van der Waals surface area contributed by atoms with E-state index in [2.05, 4.69) is 10.6 Å². The fourth-order valence-corrected chi connectivity index (χ4v) is 3.23. The minimum absolute atomic E-state index is 0.0190. The molecule has 1 aliphatic rings. The van der Waals surface area contributed by atoms with Gasteiger partial charge in [0.05, 0.1) is 0 Å². The van der Waals surface area contributed by atoms with Crippen LogP contribution in [0, 0.1) is 11.7 Å². The van der Waals surface area contributed by atoms with E-state index >= 15 is 0 Å². The average Bonchev–Trinajstić information content (AvgIpc) is 2.70. The van der Waals surface area contributed by atoms with Gasteiger partial charge in [-0.1, -0.05) is 36.4 Å². The molecule has 1 aliphatic heterocycles. The summed E-state index contributed by atoms with van der Waals surface area (Å²) >= 11 is 0. The van der Waals surface area contributed by atoms with Gasteiger partial charge in [0.25, 0.3) is 0 Å². The lowest BCUT2D eigenvalue weighted by atomic mass is 9.96. The summed E-state index contributed by atoms with van der Waals surface area (Å²) in [6, 6.07) is 15.8. The molecule has 6 heteroatoms. The normalized spacial score (nSPS) is 14.6. The van der Waals surface area contributed by atoms with Crippen molar-refractivity contribution in [1.29, 1.82) is 0 Å². The lowest BCUT2D eigenvalue weighted by Gasteiger charge is -2.31. The molecule has 0 radical (unpaired) electrons.